The number of fused-ring (bicyclic) bond motifs is 1. The lowest BCUT2D eigenvalue weighted by Crippen LogP contribution is -2.33. The summed E-state index contributed by atoms with van der Waals surface area (Å²) in [6.07, 6.45) is -1.30. The van der Waals surface area contributed by atoms with E-state index in [1.54, 1.807) is 20.8 Å². The summed E-state index contributed by atoms with van der Waals surface area (Å²) in [5, 5.41) is 6.68. The second-order valence-electron chi connectivity index (χ2n) is 9.99. The molecule has 11 heteroatoms. The highest BCUT2D eigenvalue weighted by Crippen LogP contribution is 2.31. The Bertz CT molecular complexity index is 1030. The molecule has 2 heterocycles. The maximum Gasteiger partial charge on any atom is 0.415 e. The van der Waals surface area contributed by atoms with E-state index >= 15 is 0 Å². The molecule has 0 unspecified atom stereocenters. The highest BCUT2D eigenvalue weighted by molar-refractivity contribution is 6.09. The number of alkyl halides is 3. The predicted molar refractivity (Wildman–Crippen MR) is 148 cm³/mol. The minimum Gasteiger partial charge on any atom is -0.477 e. The molecule has 0 radical (unpaired) electrons. The third-order valence-corrected chi connectivity index (χ3v) is 5.31. The molecule has 1 aromatic heterocycles. The predicted octanol–water partition coefficient (Wildman–Crippen LogP) is 6.41. The van der Waals surface area contributed by atoms with Crippen LogP contribution in [0.5, 0.6) is 5.88 Å². The molecule has 220 valence electrons. The number of carbonyl (C=O) groups is 3. The second-order valence-corrected chi connectivity index (χ2v) is 9.99. The van der Waals surface area contributed by atoms with Crippen LogP contribution in [-0.2, 0) is 16.1 Å². The van der Waals surface area contributed by atoms with Crippen molar-refractivity contribution in [3.05, 3.63) is 46.8 Å². The first-order valence-corrected chi connectivity index (χ1v) is 11.7. The van der Waals surface area contributed by atoms with Gasteiger partial charge in [0.15, 0.2) is 12.6 Å². The molecule has 0 aliphatic carbocycles. The fraction of sp³-hybridized carbons (Fsp3) is 0.556. The summed E-state index contributed by atoms with van der Waals surface area (Å²) in [5.41, 5.74) is 6.94. The average molecular weight is 549 g/mol. The fourth-order valence-electron chi connectivity index (χ4n) is 3.09. The van der Waals surface area contributed by atoms with E-state index in [2.05, 4.69) is 30.8 Å². The molecule has 2 amide bonds. The van der Waals surface area contributed by atoms with E-state index in [9.17, 15) is 18.0 Å². The lowest BCUT2D eigenvalue weighted by Gasteiger charge is -2.30. The number of aryl methyl sites for hydroxylation is 1. The summed E-state index contributed by atoms with van der Waals surface area (Å²) in [6.45, 7) is 20.2. The summed E-state index contributed by atoms with van der Waals surface area (Å²) in [7, 11) is 0. The zero-order chi connectivity index (χ0) is 29.1. The zero-order valence-electron chi connectivity index (χ0n) is 22.8. The Kier molecular flexibility index (Phi) is 15.3. The summed E-state index contributed by atoms with van der Waals surface area (Å²) < 4.78 is 45.6. The van der Waals surface area contributed by atoms with Gasteiger partial charge in [0.2, 0.25) is 5.88 Å². The number of hydrogen-bond acceptors (Lipinski definition) is 5. The molecule has 1 aliphatic rings. The quantitative estimate of drug-likeness (QED) is 0.242. The van der Waals surface area contributed by atoms with Crippen molar-refractivity contribution in [2.24, 2.45) is 23.0 Å². The summed E-state index contributed by atoms with van der Waals surface area (Å²) in [6, 6.07) is -0.811. The number of halogens is 3. The minimum atomic E-state index is -4.51. The maximum absolute atomic E-state index is 12.7. The van der Waals surface area contributed by atoms with Gasteiger partial charge in [-0.25, -0.2) is 9.48 Å². The van der Waals surface area contributed by atoms with Gasteiger partial charge in [-0.05, 0) is 42.9 Å². The van der Waals surface area contributed by atoms with Gasteiger partial charge < -0.3 is 15.8 Å². The first-order valence-electron chi connectivity index (χ1n) is 11.7. The van der Waals surface area contributed by atoms with Crippen LogP contribution in [0.3, 0.4) is 0 Å². The Hall–Kier alpha value is -3.37. The largest absolute Gasteiger partial charge is 0.477 e. The maximum atomic E-state index is 12.7. The number of urea groups is 1. The van der Waals surface area contributed by atoms with Crippen molar-refractivity contribution in [1.29, 1.82) is 0 Å². The smallest absolute Gasteiger partial charge is 0.415 e. The van der Waals surface area contributed by atoms with Crippen molar-refractivity contribution in [3.63, 3.8) is 0 Å². The van der Waals surface area contributed by atoms with Gasteiger partial charge in [0.1, 0.15) is 0 Å². The lowest BCUT2D eigenvalue weighted by molar-refractivity contribution is -0.122. The van der Waals surface area contributed by atoms with Gasteiger partial charge in [-0.2, -0.15) is 18.3 Å². The molecule has 0 bridgehead atoms. The Morgan fingerprint density at radius 3 is 2.16 bits per heavy atom. The van der Waals surface area contributed by atoms with E-state index in [4.69, 9.17) is 20.1 Å². The van der Waals surface area contributed by atoms with Gasteiger partial charge in [0.05, 0.1) is 19.3 Å². The van der Waals surface area contributed by atoms with Crippen molar-refractivity contribution in [2.45, 2.75) is 75.5 Å². The van der Waals surface area contributed by atoms with Crippen LogP contribution in [0, 0.1) is 24.2 Å². The first kappa shape index (κ1) is 36.8. The van der Waals surface area contributed by atoms with Crippen LogP contribution in [0.1, 0.15) is 64.3 Å². The Labute approximate surface area is 227 Å². The number of nitrogens with one attached hydrogen (secondary N) is 1. The molecule has 1 aliphatic heterocycles. The van der Waals surface area contributed by atoms with Gasteiger partial charge in [0.25, 0.3) is 0 Å². The van der Waals surface area contributed by atoms with Crippen molar-refractivity contribution >= 4 is 18.6 Å². The van der Waals surface area contributed by atoms with Crippen LogP contribution in [-0.4, -0.2) is 41.2 Å². The van der Waals surface area contributed by atoms with Crippen LogP contribution < -0.4 is 15.8 Å². The Balaban J connectivity index is -0.000000288. The minimum absolute atomic E-state index is 0. The summed E-state index contributed by atoms with van der Waals surface area (Å²) >= 11 is 0. The molecule has 38 heavy (non-hydrogen) atoms. The topological polar surface area (TPSA) is 116 Å². The SMILES string of the molecule is C.C=C(/C=C(\C(NC(N)=O)=C(/C)C(C)C)C(C)C)C(F)(F)F.Cc1cnn2c1OCC(C)(C)C2.O=CC=O.[HH].[HH]. The van der Waals surface area contributed by atoms with Crippen LogP contribution in [0.2, 0.25) is 0 Å². The van der Waals surface area contributed by atoms with Gasteiger partial charge >= 0.3 is 12.2 Å². The van der Waals surface area contributed by atoms with E-state index in [1.807, 2.05) is 31.6 Å². The zero-order valence-corrected chi connectivity index (χ0v) is 22.8. The molecule has 0 saturated carbocycles. The molecular formula is C27H47F3N4O4. The van der Waals surface area contributed by atoms with Gasteiger partial charge in [-0.15, -0.1) is 0 Å². The second kappa shape index (κ2) is 15.8. The standard InChI is InChI=1S/C15H23F3N2O.C9H14N2O.C2H2O2.CH4.2H2/c1-8(2)11(6)13(20-14(19)21)12(9(3)4)7-10(5)15(16,17)18;1-7-4-10-11-5-9(2,3)6-12-8(7)11;3-1-2-4;;;/h7-9H,5H2,1-4,6H3,(H3,19,20,21);4H,5-6H2,1-3H3;1-2H;1H4;2*1H/b12-7-,13-11-;;;;;. The third kappa shape index (κ3) is 12.2. The van der Waals surface area contributed by atoms with Crippen molar-refractivity contribution in [2.75, 3.05) is 6.61 Å². The highest BCUT2D eigenvalue weighted by Gasteiger charge is 2.31. The van der Waals surface area contributed by atoms with Crippen LogP contribution in [0.4, 0.5) is 18.0 Å². The van der Waals surface area contributed by atoms with Crippen molar-refractivity contribution < 1.29 is 35.1 Å². The van der Waals surface area contributed by atoms with Crippen LogP contribution in [0.25, 0.3) is 0 Å². The van der Waals surface area contributed by atoms with Crippen LogP contribution in [0.15, 0.2) is 41.3 Å². The molecule has 0 spiro atoms. The first-order chi connectivity index (χ1) is 16.9. The molecule has 0 fully saturated rings. The van der Waals surface area contributed by atoms with Crippen molar-refractivity contribution in [3.8, 4) is 5.88 Å². The summed E-state index contributed by atoms with van der Waals surface area (Å²) in [4.78, 5) is 28.8. The number of nitrogens with two attached hydrogens (primary N) is 1. The number of nitrogens with zero attached hydrogens (tertiary/aromatic N) is 2. The van der Waals surface area contributed by atoms with E-state index in [0.29, 0.717) is 11.3 Å². The monoisotopic (exact) mass is 548 g/mol. The molecule has 2 rings (SSSR count). The number of allylic oxidation sites excluding steroid dienone is 4. The number of primary amides is 1. The van der Waals surface area contributed by atoms with E-state index in [-0.39, 0.29) is 40.1 Å². The molecule has 0 saturated heterocycles. The number of rotatable bonds is 6. The third-order valence-electron chi connectivity index (χ3n) is 5.31. The molecule has 3 N–H and O–H groups in total. The van der Waals surface area contributed by atoms with Gasteiger partial charge in [0, 0.05) is 25.1 Å². The molecule has 0 atom stereocenters. The number of hydrogen-bond donors (Lipinski definition) is 2. The van der Waals surface area contributed by atoms with E-state index in [0.717, 1.165) is 36.2 Å². The molecule has 0 aromatic carbocycles. The average Bonchev–Trinajstić information content (AvgIpc) is 3.13. The normalized spacial score (nSPS) is 14.7. The van der Waals surface area contributed by atoms with Gasteiger partial charge in [-0.1, -0.05) is 55.5 Å². The number of aromatic nitrogens is 2. The van der Waals surface area contributed by atoms with Crippen molar-refractivity contribution in [1.82, 2.24) is 15.1 Å². The number of carbonyl (C=O) groups excluding carboxylic acids is 3. The number of aldehydes is 2. The molecule has 8 nitrogen and oxygen atoms in total. The van der Waals surface area contributed by atoms with Gasteiger partial charge in [-0.3, -0.25) is 9.59 Å². The Morgan fingerprint density at radius 1 is 1.24 bits per heavy atom. The fourth-order valence-corrected chi connectivity index (χ4v) is 3.09. The van der Waals surface area contributed by atoms with E-state index < -0.39 is 17.8 Å². The van der Waals surface area contributed by atoms with Crippen LogP contribution >= 0.6 is 0 Å². The number of amides is 2. The molecule has 1 aromatic rings. The Morgan fingerprint density at radius 2 is 1.76 bits per heavy atom. The molecular weight excluding hydrogens is 501 g/mol. The summed E-state index contributed by atoms with van der Waals surface area (Å²) in [5.74, 6) is 0.752. The van der Waals surface area contributed by atoms with E-state index in [1.165, 1.54) is 0 Å². The highest BCUT2D eigenvalue weighted by atomic mass is 19.4. The number of ether oxygens (including phenoxy) is 1. The lowest BCUT2D eigenvalue weighted by atomic mass is 9.91.